The Morgan fingerprint density at radius 3 is 2.21 bits per heavy atom. The highest BCUT2D eigenvalue weighted by atomic mass is 16.2. The molecule has 7 heteroatoms. The first kappa shape index (κ1) is 29.5. The molecule has 2 saturated carbocycles. The fourth-order valence-electron chi connectivity index (χ4n) is 5.64. The van der Waals surface area contributed by atoms with Crippen molar-refractivity contribution >= 4 is 28.5 Å². The van der Waals surface area contributed by atoms with Gasteiger partial charge in [-0.05, 0) is 66.5 Å². The molecule has 3 aromatic carbocycles. The normalized spacial score (nSPS) is 17.3. The maximum Gasteiger partial charge on any atom is 0.246 e. The van der Waals surface area contributed by atoms with Crippen molar-refractivity contribution in [3.63, 3.8) is 0 Å². The number of amides is 3. The van der Waals surface area contributed by atoms with Crippen molar-refractivity contribution in [2.24, 2.45) is 5.73 Å². The Balaban J connectivity index is 1.40. The molecule has 3 amide bonds. The van der Waals surface area contributed by atoms with E-state index in [1.54, 1.807) is 14.1 Å². The van der Waals surface area contributed by atoms with Gasteiger partial charge >= 0.3 is 0 Å². The Kier molecular flexibility index (Phi) is 9.07. The van der Waals surface area contributed by atoms with E-state index < -0.39 is 12.1 Å². The van der Waals surface area contributed by atoms with E-state index in [-0.39, 0.29) is 29.3 Å². The van der Waals surface area contributed by atoms with Gasteiger partial charge in [0.2, 0.25) is 17.7 Å². The molecule has 5 rings (SSSR count). The minimum absolute atomic E-state index is 0.163. The van der Waals surface area contributed by atoms with Crippen molar-refractivity contribution in [3.05, 3.63) is 96.1 Å². The number of nitrogens with two attached hydrogens (primary N) is 1. The third kappa shape index (κ3) is 7.26. The maximum atomic E-state index is 14.3. The Bertz CT molecular complexity index is 1440. The molecule has 42 heavy (non-hydrogen) atoms. The number of likely N-dealkylation sites (N-methyl/N-ethyl adjacent to an activating group) is 2. The van der Waals surface area contributed by atoms with Gasteiger partial charge in [0.25, 0.3) is 0 Å². The SMILES string of the molecule is CN(C(=O)/C=C/CC1(N)CCC1)[C@H](Cc1ccc2ccccc2c1)C(=O)N(C)[C@H](Cc1ccccc1)C(=O)NC1CC1. The molecule has 3 aromatic rings. The second kappa shape index (κ2) is 12.9. The van der Waals surface area contributed by atoms with E-state index in [2.05, 4.69) is 17.4 Å². The summed E-state index contributed by atoms with van der Waals surface area (Å²) in [7, 11) is 3.35. The number of nitrogens with zero attached hydrogens (tertiary/aromatic N) is 2. The summed E-state index contributed by atoms with van der Waals surface area (Å²) in [6.07, 6.45) is 9.67. The zero-order valence-electron chi connectivity index (χ0n) is 24.7. The maximum absolute atomic E-state index is 14.3. The van der Waals surface area contributed by atoms with E-state index in [1.165, 1.54) is 15.9 Å². The van der Waals surface area contributed by atoms with Crippen LogP contribution in [0.15, 0.2) is 84.9 Å². The van der Waals surface area contributed by atoms with E-state index in [4.69, 9.17) is 5.73 Å². The van der Waals surface area contributed by atoms with Gasteiger partial charge in [-0.1, -0.05) is 78.9 Å². The van der Waals surface area contributed by atoms with Crippen LogP contribution in [0.2, 0.25) is 0 Å². The van der Waals surface area contributed by atoms with Gasteiger partial charge < -0.3 is 20.9 Å². The van der Waals surface area contributed by atoms with Crippen LogP contribution in [-0.4, -0.2) is 65.3 Å². The second-order valence-electron chi connectivity index (χ2n) is 12.1. The van der Waals surface area contributed by atoms with E-state index in [9.17, 15) is 14.4 Å². The number of fused-ring (bicyclic) bond motifs is 1. The van der Waals surface area contributed by atoms with Crippen LogP contribution in [0, 0.1) is 0 Å². The third-order valence-corrected chi connectivity index (χ3v) is 8.79. The molecule has 0 saturated heterocycles. The molecule has 2 fully saturated rings. The summed E-state index contributed by atoms with van der Waals surface area (Å²) in [5.74, 6) is -0.689. The molecule has 0 bridgehead atoms. The molecule has 2 aliphatic carbocycles. The summed E-state index contributed by atoms with van der Waals surface area (Å²) >= 11 is 0. The Morgan fingerprint density at radius 2 is 1.55 bits per heavy atom. The molecule has 0 radical (unpaired) electrons. The van der Waals surface area contributed by atoms with E-state index in [1.807, 2.05) is 66.7 Å². The molecular formula is C35H42N4O3. The van der Waals surface area contributed by atoms with Crippen molar-refractivity contribution in [3.8, 4) is 0 Å². The molecular weight excluding hydrogens is 524 g/mol. The largest absolute Gasteiger partial charge is 0.352 e. The molecule has 3 N–H and O–H groups in total. The summed E-state index contributed by atoms with van der Waals surface area (Å²) in [5.41, 5.74) is 8.04. The van der Waals surface area contributed by atoms with Crippen LogP contribution in [-0.2, 0) is 27.2 Å². The third-order valence-electron chi connectivity index (χ3n) is 8.79. The van der Waals surface area contributed by atoms with Crippen molar-refractivity contribution < 1.29 is 14.4 Å². The molecule has 0 aliphatic heterocycles. The monoisotopic (exact) mass is 566 g/mol. The zero-order chi connectivity index (χ0) is 29.7. The summed E-state index contributed by atoms with van der Waals surface area (Å²) in [6, 6.07) is 22.6. The number of rotatable bonds is 12. The van der Waals surface area contributed by atoms with Gasteiger partial charge in [0, 0.05) is 38.5 Å². The van der Waals surface area contributed by atoms with Gasteiger partial charge in [0.05, 0.1) is 0 Å². The molecule has 2 aliphatic rings. The van der Waals surface area contributed by atoms with E-state index in [0.717, 1.165) is 54.0 Å². The minimum atomic E-state index is -0.796. The number of carbonyl (C=O) groups excluding carboxylic acids is 3. The Labute approximate surface area is 248 Å². The fourth-order valence-corrected chi connectivity index (χ4v) is 5.64. The first-order chi connectivity index (χ1) is 20.2. The molecule has 0 heterocycles. The summed E-state index contributed by atoms with van der Waals surface area (Å²) in [5, 5.41) is 5.27. The number of hydrogen-bond donors (Lipinski definition) is 2. The standard InChI is InChI=1S/C35H42N4O3/c1-38(32(40)14-8-19-35(36)20-9-21-35)31(24-26-15-16-27-12-6-7-13-28(27)22-26)34(42)39(2)30(33(41)37-29-17-18-29)23-25-10-4-3-5-11-25/h3-8,10-16,22,29-31H,9,17-21,23-24,36H2,1-2H3,(H,37,41)/b14-8+/t30-,31-/m1/s1. The average Bonchev–Trinajstić information content (AvgIpc) is 3.81. The van der Waals surface area contributed by atoms with Gasteiger partial charge in [-0.2, -0.15) is 0 Å². The lowest BCUT2D eigenvalue weighted by atomic mass is 9.75. The first-order valence-electron chi connectivity index (χ1n) is 15.0. The van der Waals surface area contributed by atoms with Crippen molar-refractivity contribution in [2.45, 2.75) is 75.0 Å². The lowest BCUT2D eigenvalue weighted by molar-refractivity contribution is -0.146. The smallest absolute Gasteiger partial charge is 0.246 e. The fraction of sp³-hybridized carbons (Fsp3) is 0.400. The molecule has 2 atom stereocenters. The summed E-state index contributed by atoms with van der Waals surface area (Å²) < 4.78 is 0. The Morgan fingerprint density at radius 1 is 0.881 bits per heavy atom. The van der Waals surface area contributed by atoms with Crippen LogP contribution >= 0.6 is 0 Å². The first-order valence-corrected chi connectivity index (χ1v) is 15.0. The lowest BCUT2D eigenvalue weighted by Gasteiger charge is -2.37. The van der Waals surface area contributed by atoms with Crippen LogP contribution in [0.1, 0.15) is 49.7 Å². The molecule has 7 nitrogen and oxygen atoms in total. The van der Waals surface area contributed by atoms with Crippen LogP contribution in [0.3, 0.4) is 0 Å². The van der Waals surface area contributed by atoms with Gasteiger partial charge in [-0.25, -0.2) is 0 Å². The lowest BCUT2D eigenvalue weighted by Crippen LogP contribution is -2.56. The Hall–Kier alpha value is -3.97. The van der Waals surface area contributed by atoms with Gasteiger partial charge in [-0.3, -0.25) is 14.4 Å². The molecule has 220 valence electrons. The minimum Gasteiger partial charge on any atom is -0.352 e. The van der Waals surface area contributed by atoms with Crippen molar-refractivity contribution in [2.75, 3.05) is 14.1 Å². The summed E-state index contributed by atoms with van der Waals surface area (Å²) in [6.45, 7) is 0. The van der Waals surface area contributed by atoms with E-state index >= 15 is 0 Å². The van der Waals surface area contributed by atoms with Crippen LogP contribution in [0.5, 0.6) is 0 Å². The van der Waals surface area contributed by atoms with Crippen LogP contribution in [0.25, 0.3) is 10.8 Å². The topological polar surface area (TPSA) is 95.7 Å². The highest BCUT2D eigenvalue weighted by Gasteiger charge is 2.37. The quantitative estimate of drug-likeness (QED) is 0.318. The number of benzene rings is 3. The number of carbonyl (C=O) groups is 3. The number of hydrogen-bond acceptors (Lipinski definition) is 4. The van der Waals surface area contributed by atoms with Crippen LogP contribution in [0.4, 0.5) is 0 Å². The predicted octanol–water partition coefficient (Wildman–Crippen LogP) is 4.39. The predicted molar refractivity (Wildman–Crippen MR) is 167 cm³/mol. The van der Waals surface area contributed by atoms with Crippen molar-refractivity contribution in [1.82, 2.24) is 15.1 Å². The second-order valence-corrected chi connectivity index (χ2v) is 12.1. The molecule has 0 unspecified atom stereocenters. The van der Waals surface area contributed by atoms with Gasteiger partial charge in [-0.15, -0.1) is 0 Å². The van der Waals surface area contributed by atoms with Crippen LogP contribution < -0.4 is 11.1 Å². The van der Waals surface area contributed by atoms with E-state index in [0.29, 0.717) is 19.3 Å². The highest BCUT2D eigenvalue weighted by molar-refractivity contribution is 5.95. The molecule has 0 spiro atoms. The van der Waals surface area contributed by atoms with Gasteiger partial charge in [0.15, 0.2) is 0 Å². The molecule has 0 aromatic heterocycles. The zero-order valence-corrected chi connectivity index (χ0v) is 24.7. The van der Waals surface area contributed by atoms with Crippen molar-refractivity contribution in [1.29, 1.82) is 0 Å². The highest BCUT2D eigenvalue weighted by Crippen LogP contribution is 2.32. The number of nitrogens with one attached hydrogen (secondary N) is 1. The average molecular weight is 567 g/mol. The summed E-state index contributed by atoms with van der Waals surface area (Å²) in [4.78, 5) is 44.2. The van der Waals surface area contributed by atoms with Gasteiger partial charge in [0.1, 0.15) is 12.1 Å².